The lowest BCUT2D eigenvalue weighted by atomic mass is 9.93. The lowest BCUT2D eigenvalue weighted by Crippen LogP contribution is -2.59. The third-order valence-corrected chi connectivity index (χ3v) is 6.22. The summed E-state index contributed by atoms with van der Waals surface area (Å²) >= 11 is 0. The van der Waals surface area contributed by atoms with Gasteiger partial charge in [-0.3, -0.25) is 24.6 Å². The van der Waals surface area contributed by atoms with Gasteiger partial charge in [0.05, 0.1) is 12.0 Å². The third-order valence-electron chi connectivity index (χ3n) is 6.22. The van der Waals surface area contributed by atoms with E-state index in [1.807, 2.05) is 4.90 Å². The van der Waals surface area contributed by atoms with Crippen LogP contribution >= 0.6 is 0 Å². The standard InChI is InChI=1S/C19H26N4O5/c24-18(21-10-8-20(9-11-21)15-4-2-1-3-5-15)14-12-22(13-14)19(25)16-6-7-17(28-16)23(26)27/h6-7,14-15H,1-5,8-13H2. The molecule has 0 bridgehead atoms. The summed E-state index contributed by atoms with van der Waals surface area (Å²) in [5, 5.41) is 10.7. The number of likely N-dealkylation sites (tertiary alicyclic amines) is 1. The van der Waals surface area contributed by atoms with Crippen LogP contribution in [0.4, 0.5) is 5.88 Å². The van der Waals surface area contributed by atoms with Crippen LogP contribution in [0.1, 0.15) is 42.7 Å². The summed E-state index contributed by atoms with van der Waals surface area (Å²) in [6.07, 6.45) is 6.53. The molecule has 0 radical (unpaired) electrons. The van der Waals surface area contributed by atoms with Gasteiger partial charge in [-0.15, -0.1) is 0 Å². The van der Waals surface area contributed by atoms with E-state index < -0.39 is 16.7 Å². The van der Waals surface area contributed by atoms with Crippen LogP contribution in [0.5, 0.6) is 0 Å². The molecule has 2 aliphatic heterocycles. The molecule has 0 aromatic carbocycles. The Kier molecular flexibility index (Phi) is 5.34. The molecule has 9 heteroatoms. The second-order valence-corrected chi connectivity index (χ2v) is 7.96. The fourth-order valence-corrected chi connectivity index (χ4v) is 4.51. The second kappa shape index (κ2) is 7.90. The summed E-state index contributed by atoms with van der Waals surface area (Å²) in [5.74, 6) is -0.988. The molecule has 2 saturated heterocycles. The Morgan fingerprint density at radius 1 is 1.00 bits per heavy atom. The van der Waals surface area contributed by atoms with E-state index in [4.69, 9.17) is 4.42 Å². The minimum Gasteiger partial charge on any atom is -0.395 e. The summed E-state index contributed by atoms with van der Waals surface area (Å²) in [5.41, 5.74) is 0. The van der Waals surface area contributed by atoms with Crippen LogP contribution in [0.3, 0.4) is 0 Å². The van der Waals surface area contributed by atoms with E-state index in [1.165, 1.54) is 49.1 Å². The first-order chi connectivity index (χ1) is 13.5. The van der Waals surface area contributed by atoms with Gasteiger partial charge in [0, 0.05) is 45.3 Å². The lowest BCUT2D eigenvalue weighted by molar-refractivity contribution is -0.402. The average Bonchev–Trinajstić information content (AvgIpc) is 3.18. The molecule has 0 N–H and O–H groups in total. The maximum atomic E-state index is 12.7. The topological polar surface area (TPSA) is 100 Å². The highest BCUT2D eigenvalue weighted by molar-refractivity contribution is 5.94. The molecule has 3 aliphatic rings. The van der Waals surface area contributed by atoms with Crippen molar-refractivity contribution in [2.75, 3.05) is 39.3 Å². The number of piperazine rings is 1. The molecule has 3 fully saturated rings. The van der Waals surface area contributed by atoms with E-state index in [0.717, 1.165) is 26.2 Å². The number of amides is 2. The van der Waals surface area contributed by atoms with Crippen LogP contribution in [0, 0.1) is 16.0 Å². The largest absolute Gasteiger partial charge is 0.433 e. The monoisotopic (exact) mass is 390 g/mol. The molecule has 0 atom stereocenters. The molecule has 1 aromatic rings. The van der Waals surface area contributed by atoms with Crippen molar-refractivity contribution < 1.29 is 18.9 Å². The average molecular weight is 390 g/mol. The molecule has 28 heavy (non-hydrogen) atoms. The van der Waals surface area contributed by atoms with Crippen molar-refractivity contribution in [3.05, 3.63) is 28.0 Å². The van der Waals surface area contributed by atoms with Gasteiger partial charge in [0.2, 0.25) is 5.91 Å². The second-order valence-electron chi connectivity index (χ2n) is 7.96. The van der Waals surface area contributed by atoms with E-state index in [-0.39, 0.29) is 17.6 Å². The first kappa shape index (κ1) is 18.9. The van der Waals surface area contributed by atoms with Crippen molar-refractivity contribution in [1.29, 1.82) is 0 Å². The van der Waals surface area contributed by atoms with Crippen molar-refractivity contribution in [2.45, 2.75) is 38.1 Å². The van der Waals surface area contributed by atoms with E-state index in [9.17, 15) is 19.7 Å². The molecular formula is C19H26N4O5. The summed E-state index contributed by atoms with van der Waals surface area (Å²) in [6.45, 7) is 4.06. The molecule has 1 aliphatic carbocycles. The first-order valence-corrected chi connectivity index (χ1v) is 10.1. The van der Waals surface area contributed by atoms with Gasteiger partial charge >= 0.3 is 5.88 Å². The van der Waals surface area contributed by atoms with Crippen LogP contribution in [0.15, 0.2) is 16.5 Å². The molecule has 2 amide bonds. The van der Waals surface area contributed by atoms with Gasteiger partial charge in [-0.05, 0) is 18.9 Å². The van der Waals surface area contributed by atoms with Gasteiger partial charge < -0.3 is 14.2 Å². The Bertz CT molecular complexity index is 743. The smallest absolute Gasteiger partial charge is 0.395 e. The number of carbonyl (C=O) groups is 2. The van der Waals surface area contributed by atoms with Gasteiger partial charge in [0.1, 0.15) is 4.92 Å². The SMILES string of the molecule is O=C(c1ccc([N+](=O)[O-])o1)N1CC(C(=O)N2CCN(C3CCCCC3)CC2)C1. The van der Waals surface area contributed by atoms with Gasteiger partial charge in [-0.25, -0.2) is 0 Å². The Morgan fingerprint density at radius 3 is 2.29 bits per heavy atom. The zero-order valence-electron chi connectivity index (χ0n) is 15.9. The minimum absolute atomic E-state index is 0.0568. The van der Waals surface area contributed by atoms with E-state index in [1.54, 1.807) is 0 Å². The van der Waals surface area contributed by atoms with Crippen LogP contribution < -0.4 is 0 Å². The van der Waals surface area contributed by atoms with Crippen LogP contribution in [0.25, 0.3) is 0 Å². The van der Waals surface area contributed by atoms with Crippen LogP contribution in [-0.2, 0) is 4.79 Å². The predicted octanol–water partition coefficient (Wildman–Crippen LogP) is 1.74. The highest BCUT2D eigenvalue weighted by Crippen LogP contribution is 2.26. The Morgan fingerprint density at radius 2 is 1.68 bits per heavy atom. The molecule has 152 valence electrons. The number of nitro groups is 1. The summed E-state index contributed by atoms with van der Waals surface area (Å²) < 4.78 is 4.95. The Hall–Kier alpha value is -2.42. The molecule has 1 aromatic heterocycles. The fraction of sp³-hybridized carbons (Fsp3) is 0.684. The molecule has 0 spiro atoms. The van der Waals surface area contributed by atoms with Crippen molar-refractivity contribution in [1.82, 2.24) is 14.7 Å². The minimum atomic E-state index is -0.674. The van der Waals surface area contributed by atoms with Gasteiger partial charge in [0.15, 0.2) is 5.76 Å². The van der Waals surface area contributed by atoms with Gasteiger partial charge in [0.25, 0.3) is 5.91 Å². The zero-order valence-corrected chi connectivity index (χ0v) is 15.9. The zero-order chi connectivity index (χ0) is 19.7. The molecular weight excluding hydrogens is 364 g/mol. The lowest BCUT2D eigenvalue weighted by Gasteiger charge is -2.44. The highest BCUT2D eigenvalue weighted by Gasteiger charge is 2.40. The molecule has 0 unspecified atom stereocenters. The Labute approximate surface area is 163 Å². The van der Waals surface area contributed by atoms with E-state index in [2.05, 4.69) is 4.90 Å². The van der Waals surface area contributed by atoms with Crippen molar-refractivity contribution in [3.63, 3.8) is 0 Å². The first-order valence-electron chi connectivity index (χ1n) is 10.1. The normalized spacial score (nSPS) is 22.1. The number of nitrogens with zero attached hydrogens (tertiary/aromatic N) is 4. The molecule has 3 heterocycles. The van der Waals surface area contributed by atoms with E-state index >= 15 is 0 Å². The number of rotatable bonds is 4. The van der Waals surface area contributed by atoms with Crippen LogP contribution in [0.2, 0.25) is 0 Å². The van der Waals surface area contributed by atoms with Gasteiger partial charge in [-0.2, -0.15) is 0 Å². The van der Waals surface area contributed by atoms with Gasteiger partial charge in [-0.1, -0.05) is 19.3 Å². The molecule has 4 rings (SSSR count). The van der Waals surface area contributed by atoms with E-state index in [0.29, 0.717) is 19.1 Å². The number of hydrogen-bond acceptors (Lipinski definition) is 6. The third kappa shape index (κ3) is 3.76. The number of carbonyl (C=O) groups excluding carboxylic acids is 2. The summed E-state index contributed by atoms with van der Waals surface area (Å²) in [7, 11) is 0. The van der Waals surface area contributed by atoms with Crippen LogP contribution in [-0.4, -0.2) is 76.7 Å². The quantitative estimate of drug-likeness (QED) is 0.573. The molecule has 9 nitrogen and oxygen atoms in total. The Balaban J connectivity index is 1.24. The van der Waals surface area contributed by atoms with Crippen molar-refractivity contribution >= 4 is 17.7 Å². The fourth-order valence-electron chi connectivity index (χ4n) is 4.51. The van der Waals surface area contributed by atoms with Crippen molar-refractivity contribution in [2.24, 2.45) is 5.92 Å². The highest BCUT2D eigenvalue weighted by atomic mass is 16.6. The maximum Gasteiger partial charge on any atom is 0.433 e. The maximum absolute atomic E-state index is 12.7. The van der Waals surface area contributed by atoms with Crippen molar-refractivity contribution in [3.8, 4) is 0 Å². The number of furan rings is 1. The number of hydrogen-bond donors (Lipinski definition) is 0. The molecule has 1 saturated carbocycles. The summed E-state index contributed by atoms with van der Waals surface area (Å²) in [6, 6.07) is 3.15. The predicted molar refractivity (Wildman–Crippen MR) is 99.8 cm³/mol. The summed E-state index contributed by atoms with van der Waals surface area (Å²) in [4.78, 5) is 41.0.